The fourth-order valence-corrected chi connectivity index (χ4v) is 2.83. The summed E-state index contributed by atoms with van der Waals surface area (Å²) in [5.74, 6) is -0.371. The van der Waals surface area contributed by atoms with E-state index in [2.05, 4.69) is 33.4 Å². The second kappa shape index (κ2) is 10.5. The minimum absolute atomic E-state index is 0.290. The van der Waals surface area contributed by atoms with Crippen LogP contribution in [0.3, 0.4) is 0 Å². The highest BCUT2D eigenvalue weighted by Gasteiger charge is 2.11. The first kappa shape index (κ1) is 21.5. The van der Waals surface area contributed by atoms with Gasteiger partial charge in [-0.25, -0.2) is 4.79 Å². The van der Waals surface area contributed by atoms with Crippen molar-refractivity contribution >= 4 is 40.4 Å². The van der Waals surface area contributed by atoms with Crippen LogP contribution in [0.15, 0.2) is 42.5 Å². The van der Waals surface area contributed by atoms with Crippen LogP contribution < -0.4 is 20.3 Å². The van der Waals surface area contributed by atoms with E-state index in [0.717, 1.165) is 3.57 Å². The number of benzene rings is 2. The smallest absolute Gasteiger partial charge is 0.338 e. The molecule has 148 valence electrons. The van der Waals surface area contributed by atoms with E-state index in [1.807, 2.05) is 0 Å². The van der Waals surface area contributed by atoms with Crippen LogP contribution in [0.25, 0.3) is 0 Å². The van der Waals surface area contributed by atoms with Crippen molar-refractivity contribution in [1.82, 2.24) is 10.9 Å². The first-order valence-corrected chi connectivity index (χ1v) is 9.35. The molecule has 0 heterocycles. The monoisotopic (exact) mass is 498 g/mol. The summed E-state index contributed by atoms with van der Waals surface area (Å²) in [5, 5.41) is 0. The minimum atomic E-state index is -0.536. The van der Waals surface area contributed by atoms with Gasteiger partial charge in [-0.1, -0.05) is 0 Å². The number of esters is 1. The Morgan fingerprint density at radius 2 is 1.68 bits per heavy atom. The van der Waals surface area contributed by atoms with E-state index in [1.54, 1.807) is 44.4 Å². The Balaban J connectivity index is 1.80. The Kier molecular flexibility index (Phi) is 8.05. The van der Waals surface area contributed by atoms with E-state index in [-0.39, 0.29) is 6.61 Å². The third-order valence-corrected chi connectivity index (χ3v) is 4.31. The molecule has 0 aromatic heterocycles. The predicted octanol–water partition coefficient (Wildman–Crippen LogP) is 2.32. The number of hydrazine groups is 1. The number of methoxy groups -OCH3 is 1. The third kappa shape index (κ3) is 6.12. The van der Waals surface area contributed by atoms with Gasteiger partial charge in [0.15, 0.2) is 6.61 Å². The van der Waals surface area contributed by atoms with Crippen LogP contribution in [0.2, 0.25) is 0 Å². The molecule has 0 spiro atoms. The lowest BCUT2D eigenvalue weighted by Gasteiger charge is -2.10. The van der Waals surface area contributed by atoms with E-state index < -0.39 is 17.8 Å². The quantitative estimate of drug-likeness (QED) is 0.345. The normalized spacial score (nSPS) is 9.96. The molecule has 2 aromatic rings. The maximum absolute atomic E-state index is 12.1. The number of hydrogen-bond acceptors (Lipinski definition) is 6. The third-order valence-electron chi connectivity index (χ3n) is 3.46. The number of hydrogen-bond donors (Lipinski definition) is 2. The van der Waals surface area contributed by atoms with E-state index in [4.69, 9.17) is 14.2 Å². The summed E-state index contributed by atoms with van der Waals surface area (Å²) in [6.45, 7) is 1.71. The molecule has 2 amide bonds. The van der Waals surface area contributed by atoms with Crippen LogP contribution in [0.1, 0.15) is 27.6 Å². The summed E-state index contributed by atoms with van der Waals surface area (Å²) >= 11 is 2.05. The van der Waals surface area contributed by atoms with Gasteiger partial charge in [-0.15, -0.1) is 0 Å². The molecule has 9 heteroatoms. The molecule has 8 nitrogen and oxygen atoms in total. The first-order chi connectivity index (χ1) is 13.4. The van der Waals surface area contributed by atoms with Gasteiger partial charge in [0.2, 0.25) is 0 Å². The van der Waals surface area contributed by atoms with Gasteiger partial charge in [-0.3, -0.25) is 20.4 Å². The number of carbonyl (C=O) groups is 3. The second-order valence-electron chi connectivity index (χ2n) is 5.39. The summed E-state index contributed by atoms with van der Waals surface area (Å²) in [5.41, 5.74) is 5.35. The van der Waals surface area contributed by atoms with Gasteiger partial charge in [0.25, 0.3) is 11.8 Å². The molecule has 2 rings (SSSR count). The lowest BCUT2D eigenvalue weighted by Crippen LogP contribution is -2.43. The Labute approximate surface area is 175 Å². The van der Waals surface area contributed by atoms with Crippen molar-refractivity contribution in [2.75, 3.05) is 20.3 Å². The molecular formula is C19H19IN2O6. The van der Waals surface area contributed by atoms with Gasteiger partial charge < -0.3 is 14.2 Å². The zero-order valence-electron chi connectivity index (χ0n) is 15.3. The molecule has 0 saturated carbocycles. The standard InChI is InChI=1S/C19H19IN2O6/c1-3-27-19(25)12-4-7-14(8-5-12)28-11-17(23)21-22-18(24)13-6-9-16(26-2)15(20)10-13/h4-10H,3,11H2,1-2H3,(H,21,23)(H,22,24). The summed E-state index contributed by atoms with van der Waals surface area (Å²) in [6, 6.07) is 11.1. The molecule has 0 aliphatic carbocycles. The maximum Gasteiger partial charge on any atom is 0.338 e. The highest BCUT2D eigenvalue weighted by molar-refractivity contribution is 14.1. The van der Waals surface area contributed by atoms with Crippen molar-refractivity contribution in [2.24, 2.45) is 0 Å². The van der Waals surface area contributed by atoms with Crippen LogP contribution in [0, 0.1) is 3.57 Å². The second-order valence-corrected chi connectivity index (χ2v) is 6.55. The highest BCUT2D eigenvalue weighted by atomic mass is 127. The molecule has 0 radical (unpaired) electrons. The van der Waals surface area contributed by atoms with Crippen LogP contribution in [0.4, 0.5) is 0 Å². The fourth-order valence-electron chi connectivity index (χ4n) is 2.09. The summed E-state index contributed by atoms with van der Waals surface area (Å²) in [6.07, 6.45) is 0. The molecule has 0 aliphatic heterocycles. The zero-order chi connectivity index (χ0) is 20.5. The summed E-state index contributed by atoms with van der Waals surface area (Å²) in [4.78, 5) is 35.5. The molecule has 0 aliphatic rings. The van der Waals surface area contributed by atoms with E-state index in [1.165, 1.54) is 12.1 Å². The van der Waals surface area contributed by atoms with E-state index in [9.17, 15) is 14.4 Å². The molecule has 0 atom stereocenters. The number of nitrogens with one attached hydrogen (secondary N) is 2. The van der Waals surface area contributed by atoms with Crippen molar-refractivity contribution < 1.29 is 28.6 Å². The first-order valence-electron chi connectivity index (χ1n) is 8.27. The Morgan fingerprint density at radius 1 is 1.00 bits per heavy atom. The van der Waals surface area contributed by atoms with Gasteiger partial charge in [0.05, 0.1) is 22.9 Å². The molecule has 0 bridgehead atoms. The van der Waals surface area contributed by atoms with Crippen LogP contribution >= 0.6 is 22.6 Å². The van der Waals surface area contributed by atoms with Crippen LogP contribution in [-0.4, -0.2) is 38.1 Å². The molecule has 0 fully saturated rings. The molecule has 28 heavy (non-hydrogen) atoms. The van der Waals surface area contributed by atoms with Gasteiger partial charge in [0, 0.05) is 5.56 Å². The zero-order valence-corrected chi connectivity index (χ0v) is 17.4. The predicted molar refractivity (Wildman–Crippen MR) is 109 cm³/mol. The van der Waals surface area contributed by atoms with Gasteiger partial charge in [-0.2, -0.15) is 0 Å². The van der Waals surface area contributed by atoms with Crippen molar-refractivity contribution in [1.29, 1.82) is 0 Å². The summed E-state index contributed by atoms with van der Waals surface area (Å²) in [7, 11) is 1.54. The lowest BCUT2D eigenvalue weighted by atomic mass is 10.2. The van der Waals surface area contributed by atoms with Crippen molar-refractivity contribution in [2.45, 2.75) is 6.92 Å². The van der Waals surface area contributed by atoms with Crippen molar-refractivity contribution in [3.8, 4) is 11.5 Å². The Bertz CT molecular complexity index is 854. The Morgan fingerprint density at radius 3 is 2.29 bits per heavy atom. The minimum Gasteiger partial charge on any atom is -0.496 e. The molecule has 0 unspecified atom stereocenters. The highest BCUT2D eigenvalue weighted by Crippen LogP contribution is 2.21. The van der Waals surface area contributed by atoms with Crippen molar-refractivity contribution in [3.63, 3.8) is 0 Å². The van der Waals surface area contributed by atoms with Gasteiger partial charge >= 0.3 is 5.97 Å². The maximum atomic E-state index is 12.1. The SMILES string of the molecule is CCOC(=O)c1ccc(OCC(=O)NNC(=O)c2ccc(OC)c(I)c2)cc1. The van der Waals surface area contributed by atoms with E-state index >= 15 is 0 Å². The van der Waals surface area contributed by atoms with Crippen molar-refractivity contribution in [3.05, 3.63) is 57.2 Å². The van der Waals surface area contributed by atoms with E-state index in [0.29, 0.717) is 29.2 Å². The number of halogens is 1. The number of amides is 2. The number of ether oxygens (including phenoxy) is 3. The molecule has 0 saturated heterocycles. The van der Waals surface area contributed by atoms with Crippen LogP contribution in [-0.2, 0) is 9.53 Å². The summed E-state index contributed by atoms with van der Waals surface area (Å²) < 4.78 is 16.1. The molecule has 2 aromatic carbocycles. The molecular weight excluding hydrogens is 479 g/mol. The van der Waals surface area contributed by atoms with Gasteiger partial charge in [-0.05, 0) is 72.0 Å². The lowest BCUT2D eigenvalue weighted by molar-refractivity contribution is -0.123. The largest absolute Gasteiger partial charge is 0.496 e. The topological polar surface area (TPSA) is 103 Å². The fraction of sp³-hybridized carbons (Fsp3) is 0.211. The average Bonchev–Trinajstić information content (AvgIpc) is 2.70. The number of carbonyl (C=O) groups excluding carboxylic acids is 3. The van der Waals surface area contributed by atoms with Gasteiger partial charge in [0.1, 0.15) is 11.5 Å². The average molecular weight is 498 g/mol. The van der Waals surface area contributed by atoms with Crippen LogP contribution in [0.5, 0.6) is 11.5 Å². The number of rotatable bonds is 7. The molecule has 2 N–H and O–H groups in total. The Hall–Kier alpha value is -2.82.